The zero-order valence-electron chi connectivity index (χ0n) is 18.5. The van der Waals surface area contributed by atoms with Gasteiger partial charge in [0.25, 0.3) is 0 Å². The summed E-state index contributed by atoms with van der Waals surface area (Å²) in [7, 11) is 1.69. The molecule has 1 saturated carbocycles. The van der Waals surface area contributed by atoms with Crippen LogP contribution < -0.4 is 4.74 Å². The first-order valence-corrected chi connectivity index (χ1v) is 11.3. The van der Waals surface area contributed by atoms with Gasteiger partial charge >= 0.3 is 0 Å². The summed E-state index contributed by atoms with van der Waals surface area (Å²) < 4.78 is 7.60. The van der Waals surface area contributed by atoms with E-state index < -0.39 is 0 Å². The summed E-state index contributed by atoms with van der Waals surface area (Å²) in [5, 5.41) is 0. The predicted molar refractivity (Wildman–Crippen MR) is 124 cm³/mol. The highest BCUT2D eigenvalue weighted by atomic mass is 16.5. The second-order valence-electron chi connectivity index (χ2n) is 8.45. The highest BCUT2D eigenvalue weighted by molar-refractivity contribution is 5.83. The van der Waals surface area contributed by atoms with Crippen molar-refractivity contribution in [2.45, 2.75) is 45.2 Å². The van der Waals surface area contributed by atoms with Gasteiger partial charge in [0.1, 0.15) is 5.75 Å². The molecule has 3 aromatic rings. The van der Waals surface area contributed by atoms with E-state index in [0.29, 0.717) is 18.4 Å². The number of aromatic nitrogens is 1. The first-order chi connectivity index (χ1) is 15.2. The minimum atomic E-state index is 0.126. The maximum atomic E-state index is 13.4. The molecule has 1 amide bonds. The Morgan fingerprint density at radius 2 is 1.94 bits per heavy atom. The highest BCUT2D eigenvalue weighted by Crippen LogP contribution is 2.48. The summed E-state index contributed by atoms with van der Waals surface area (Å²) in [4.78, 5) is 15.5. The maximum absolute atomic E-state index is 13.4. The number of hydrogen-bond donors (Lipinski definition) is 0. The van der Waals surface area contributed by atoms with E-state index in [1.807, 2.05) is 18.2 Å². The number of nitrogens with zero attached hydrogens (tertiary/aromatic N) is 2. The molecule has 1 aliphatic carbocycles. The fourth-order valence-corrected chi connectivity index (χ4v) is 4.30. The molecular weight excluding hydrogens is 384 g/mol. The van der Waals surface area contributed by atoms with Crippen molar-refractivity contribution in [1.29, 1.82) is 0 Å². The average Bonchev–Trinajstić information content (AvgIpc) is 3.50. The molecule has 0 N–H and O–H groups in total. The van der Waals surface area contributed by atoms with E-state index in [9.17, 15) is 4.79 Å². The molecule has 0 radical (unpaired) electrons. The Morgan fingerprint density at radius 3 is 2.71 bits per heavy atom. The van der Waals surface area contributed by atoms with Crippen molar-refractivity contribution in [3.05, 3.63) is 89.7 Å². The molecule has 31 heavy (non-hydrogen) atoms. The lowest BCUT2D eigenvalue weighted by Crippen LogP contribution is -2.33. The number of unbranched alkanes of at least 4 members (excludes halogenated alkanes) is 1. The van der Waals surface area contributed by atoms with Crippen LogP contribution in [-0.2, 0) is 17.9 Å². The number of amides is 1. The van der Waals surface area contributed by atoms with E-state index in [1.54, 1.807) is 7.11 Å². The van der Waals surface area contributed by atoms with Crippen LogP contribution in [0.4, 0.5) is 0 Å². The molecule has 162 valence electrons. The number of carbonyl (C=O) groups is 1. The second-order valence-corrected chi connectivity index (χ2v) is 8.45. The fraction of sp³-hybridized carbons (Fsp3) is 0.370. The minimum Gasteiger partial charge on any atom is -0.497 e. The molecule has 2 unspecified atom stereocenters. The molecule has 1 aromatic heterocycles. The van der Waals surface area contributed by atoms with E-state index >= 15 is 0 Å². The third kappa shape index (κ3) is 5.19. The van der Waals surface area contributed by atoms with Gasteiger partial charge in [-0.05, 0) is 54.2 Å². The monoisotopic (exact) mass is 416 g/mol. The zero-order chi connectivity index (χ0) is 21.6. The van der Waals surface area contributed by atoms with Crippen LogP contribution in [0.1, 0.15) is 48.9 Å². The van der Waals surface area contributed by atoms with Gasteiger partial charge in [0, 0.05) is 30.9 Å². The number of rotatable bonds is 10. The lowest BCUT2D eigenvalue weighted by atomic mass is 10.1. The average molecular weight is 417 g/mol. The summed E-state index contributed by atoms with van der Waals surface area (Å²) in [6, 6.07) is 22.8. The van der Waals surface area contributed by atoms with Crippen LogP contribution in [0.3, 0.4) is 0 Å². The molecule has 0 aliphatic heterocycles. The molecule has 4 rings (SSSR count). The Hall–Kier alpha value is -3.01. The normalized spacial score (nSPS) is 17.4. The van der Waals surface area contributed by atoms with Gasteiger partial charge in [0.2, 0.25) is 5.91 Å². The van der Waals surface area contributed by atoms with Crippen LogP contribution in [0.25, 0.3) is 0 Å². The van der Waals surface area contributed by atoms with Crippen molar-refractivity contribution in [1.82, 2.24) is 9.47 Å². The topological polar surface area (TPSA) is 34.5 Å². The number of methoxy groups -OCH3 is 1. The van der Waals surface area contributed by atoms with E-state index in [2.05, 4.69) is 71.1 Å². The summed E-state index contributed by atoms with van der Waals surface area (Å²) in [6.45, 7) is 4.43. The molecule has 2 atom stereocenters. The summed E-state index contributed by atoms with van der Waals surface area (Å²) in [6.07, 6.45) is 5.18. The van der Waals surface area contributed by atoms with Crippen LogP contribution >= 0.6 is 0 Å². The molecule has 4 nitrogen and oxygen atoms in total. The highest BCUT2D eigenvalue weighted by Gasteiger charge is 2.45. The Morgan fingerprint density at radius 1 is 1.10 bits per heavy atom. The fourth-order valence-electron chi connectivity index (χ4n) is 4.30. The van der Waals surface area contributed by atoms with Gasteiger partial charge in [-0.3, -0.25) is 4.79 Å². The van der Waals surface area contributed by atoms with Gasteiger partial charge in [-0.1, -0.05) is 55.8 Å². The smallest absolute Gasteiger partial charge is 0.226 e. The Kier molecular flexibility index (Phi) is 6.76. The van der Waals surface area contributed by atoms with E-state index in [4.69, 9.17) is 4.74 Å². The lowest BCUT2D eigenvalue weighted by Gasteiger charge is -2.24. The van der Waals surface area contributed by atoms with Crippen LogP contribution in [0, 0.1) is 5.92 Å². The molecule has 1 aliphatic rings. The van der Waals surface area contributed by atoms with E-state index in [1.165, 1.54) is 16.8 Å². The first-order valence-electron chi connectivity index (χ1n) is 11.3. The van der Waals surface area contributed by atoms with Crippen LogP contribution in [0.2, 0.25) is 0 Å². The molecule has 0 saturated heterocycles. The van der Waals surface area contributed by atoms with Gasteiger partial charge in [0.05, 0.1) is 13.7 Å². The third-order valence-electron chi connectivity index (χ3n) is 6.19. The van der Waals surface area contributed by atoms with Crippen molar-refractivity contribution < 1.29 is 9.53 Å². The third-order valence-corrected chi connectivity index (χ3v) is 6.19. The molecule has 2 aromatic carbocycles. The standard InChI is InChI=1S/C27H32N2O2/c1-3-4-15-29(27(30)26-18-25(26)22-11-6-5-7-12-22)20-23-13-9-16-28(23)19-21-10-8-14-24(17-21)31-2/h5-14,16-17,25-26H,3-4,15,18-20H2,1-2H3. The van der Waals surface area contributed by atoms with Gasteiger partial charge in [0.15, 0.2) is 0 Å². The van der Waals surface area contributed by atoms with Gasteiger partial charge in [-0.15, -0.1) is 0 Å². The number of hydrogen-bond acceptors (Lipinski definition) is 2. The van der Waals surface area contributed by atoms with Gasteiger partial charge in [-0.2, -0.15) is 0 Å². The largest absolute Gasteiger partial charge is 0.497 e. The summed E-state index contributed by atoms with van der Waals surface area (Å²) in [5.74, 6) is 1.67. The van der Waals surface area contributed by atoms with Gasteiger partial charge < -0.3 is 14.2 Å². The van der Waals surface area contributed by atoms with Crippen molar-refractivity contribution in [3.8, 4) is 5.75 Å². The van der Waals surface area contributed by atoms with Crippen LogP contribution in [0.5, 0.6) is 5.75 Å². The van der Waals surface area contributed by atoms with Crippen molar-refractivity contribution in [2.24, 2.45) is 5.92 Å². The molecule has 1 heterocycles. The van der Waals surface area contributed by atoms with Crippen molar-refractivity contribution in [3.63, 3.8) is 0 Å². The maximum Gasteiger partial charge on any atom is 0.226 e. The number of ether oxygens (including phenoxy) is 1. The Balaban J connectivity index is 1.46. The number of carbonyl (C=O) groups excluding carboxylic acids is 1. The van der Waals surface area contributed by atoms with Crippen molar-refractivity contribution in [2.75, 3.05) is 13.7 Å². The van der Waals surface area contributed by atoms with E-state index in [-0.39, 0.29) is 5.92 Å². The SMILES string of the molecule is CCCCN(Cc1cccn1Cc1cccc(OC)c1)C(=O)C1CC1c1ccccc1. The molecule has 1 fully saturated rings. The summed E-state index contributed by atoms with van der Waals surface area (Å²) in [5.41, 5.74) is 3.65. The molecular formula is C27H32N2O2. The van der Waals surface area contributed by atoms with Crippen LogP contribution in [-0.4, -0.2) is 29.0 Å². The van der Waals surface area contributed by atoms with Gasteiger partial charge in [-0.25, -0.2) is 0 Å². The van der Waals surface area contributed by atoms with Crippen molar-refractivity contribution >= 4 is 5.91 Å². The zero-order valence-corrected chi connectivity index (χ0v) is 18.5. The summed E-state index contributed by atoms with van der Waals surface area (Å²) >= 11 is 0. The quantitative estimate of drug-likeness (QED) is 0.439. The van der Waals surface area contributed by atoms with Crippen LogP contribution in [0.15, 0.2) is 72.9 Å². The van der Waals surface area contributed by atoms with E-state index in [0.717, 1.165) is 38.1 Å². The lowest BCUT2D eigenvalue weighted by molar-refractivity contribution is -0.133. The number of benzene rings is 2. The minimum absolute atomic E-state index is 0.126. The molecule has 0 spiro atoms. The predicted octanol–water partition coefficient (Wildman–Crippen LogP) is 5.48. The first kappa shape index (κ1) is 21.2. The molecule has 4 heteroatoms. The second kappa shape index (κ2) is 9.86. The Bertz CT molecular complexity index is 995. The Labute approximate surface area is 185 Å². The molecule has 0 bridgehead atoms.